The van der Waals surface area contributed by atoms with Crippen molar-refractivity contribution in [2.75, 3.05) is 6.54 Å². The molecule has 0 bridgehead atoms. The third-order valence-electron chi connectivity index (χ3n) is 2.28. The van der Waals surface area contributed by atoms with Crippen LogP contribution in [0.2, 0.25) is 0 Å². The summed E-state index contributed by atoms with van der Waals surface area (Å²) in [7, 11) is 1.41. The van der Waals surface area contributed by atoms with E-state index < -0.39 is 9.05 Å². The zero-order valence-corrected chi connectivity index (χ0v) is 12.9. The quantitative estimate of drug-likeness (QED) is 0.653. The lowest BCUT2D eigenvalue weighted by molar-refractivity contribution is 0.0952. The molecular weight excluding hydrogens is 342 g/mol. The molecule has 1 aromatic carbocycles. The highest BCUT2D eigenvalue weighted by atomic mass is 79.9. The molecule has 7 heteroatoms. The van der Waals surface area contributed by atoms with Gasteiger partial charge in [0.1, 0.15) is 0 Å². The van der Waals surface area contributed by atoms with Crippen molar-refractivity contribution in [3.8, 4) is 0 Å². The zero-order valence-electron chi connectivity index (χ0n) is 9.74. The van der Waals surface area contributed by atoms with Crippen LogP contribution < -0.4 is 5.32 Å². The van der Waals surface area contributed by atoms with Crippen LogP contribution in [0.1, 0.15) is 30.1 Å². The van der Waals surface area contributed by atoms with Gasteiger partial charge in [-0.05, 0) is 40.5 Å². The number of halogens is 2. The van der Waals surface area contributed by atoms with E-state index in [4.69, 9.17) is 10.7 Å². The fourth-order valence-electron chi connectivity index (χ4n) is 1.30. The highest BCUT2D eigenvalue weighted by Crippen LogP contribution is 2.23. The summed E-state index contributed by atoms with van der Waals surface area (Å²) in [6.07, 6.45) is 1.84. The van der Waals surface area contributed by atoms with Crippen molar-refractivity contribution < 1.29 is 13.2 Å². The molecule has 0 saturated carbocycles. The molecule has 100 valence electrons. The minimum absolute atomic E-state index is 0.0898. The van der Waals surface area contributed by atoms with Gasteiger partial charge in [0.05, 0.1) is 10.5 Å². The fourth-order valence-corrected chi connectivity index (χ4v) is 2.51. The second-order valence-corrected chi connectivity index (χ2v) is 7.11. The van der Waals surface area contributed by atoms with E-state index in [-0.39, 0.29) is 16.4 Å². The van der Waals surface area contributed by atoms with Gasteiger partial charge in [0.2, 0.25) is 0 Å². The Morgan fingerprint density at radius 1 is 1.44 bits per heavy atom. The summed E-state index contributed by atoms with van der Waals surface area (Å²) in [6, 6.07) is 4.09. The first-order valence-corrected chi connectivity index (χ1v) is 8.49. The van der Waals surface area contributed by atoms with E-state index in [0.29, 0.717) is 11.0 Å². The molecular formula is C11H13BrClNO3S. The van der Waals surface area contributed by atoms with Gasteiger partial charge < -0.3 is 5.32 Å². The first-order chi connectivity index (χ1) is 8.36. The SMILES string of the molecule is CCCCNC(=O)c1cc(S(=O)(=O)Cl)ccc1Br. The number of amides is 1. The number of benzene rings is 1. The standard InChI is InChI=1S/C11H13BrClNO3S/c1-2-3-6-14-11(15)9-7-8(18(13,16)17)4-5-10(9)12/h4-5,7H,2-3,6H2,1H3,(H,14,15). The van der Waals surface area contributed by atoms with Gasteiger partial charge in [-0.1, -0.05) is 13.3 Å². The van der Waals surface area contributed by atoms with Crippen LogP contribution in [0.3, 0.4) is 0 Å². The molecule has 1 N–H and O–H groups in total. The Labute approximate surface area is 119 Å². The Kier molecular flexibility index (Phi) is 5.62. The molecule has 0 saturated heterocycles. The molecule has 0 fully saturated rings. The molecule has 0 atom stereocenters. The average molecular weight is 355 g/mol. The van der Waals surface area contributed by atoms with Gasteiger partial charge in [0.15, 0.2) is 0 Å². The molecule has 4 nitrogen and oxygen atoms in total. The molecule has 0 spiro atoms. The number of carbonyl (C=O) groups is 1. The minimum Gasteiger partial charge on any atom is -0.352 e. The van der Waals surface area contributed by atoms with Gasteiger partial charge in [-0.2, -0.15) is 0 Å². The number of unbranched alkanes of at least 4 members (excludes halogenated alkanes) is 1. The molecule has 0 aromatic heterocycles. The van der Waals surface area contributed by atoms with Gasteiger partial charge in [-0.25, -0.2) is 8.42 Å². The summed E-state index contributed by atoms with van der Waals surface area (Å²) in [6.45, 7) is 2.57. The molecule has 0 aliphatic carbocycles. The zero-order chi connectivity index (χ0) is 13.8. The van der Waals surface area contributed by atoms with Crippen molar-refractivity contribution in [1.82, 2.24) is 5.32 Å². The van der Waals surface area contributed by atoms with Crippen molar-refractivity contribution in [2.24, 2.45) is 0 Å². The average Bonchev–Trinajstić information content (AvgIpc) is 2.28. The van der Waals surface area contributed by atoms with E-state index in [1.807, 2.05) is 6.92 Å². The highest BCUT2D eigenvalue weighted by Gasteiger charge is 2.16. The van der Waals surface area contributed by atoms with Crippen molar-refractivity contribution in [1.29, 1.82) is 0 Å². The Bertz CT molecular complexity index is 545. The molecule has 1 aromatic rings. The van der Waals surface area contributed by atoms with Crippen molar-refractivity contribution >= 4 is 41.6 Å². The van der Waals surface area contributed by atoms with E-state index in [0.717, 1.165) is 12.8 Å². The Hall–Kier alpha value is -0.590. The third-order valence-corrected chi connectivity index (χ3v) is 4.32. The number of nitrogens with one attached hydrogen (secondary N) is 1. The summed E-state index contributed by atoms with van der Waals surface area (Å²) < 4.78 is 22.9. The van der Waals surface area contributed by atoms with Crippen LogP contribution in [0.5, 0.6) is 0 Å². The molecule has 1 rings (SSSR count). The van der Waals surface area contributed by atoms with Crippen LogP contribution in [-0.4, -0.2) is 20.9 Å². The molecule has 0 aliphatic heterocycles. The number of hydrogen-bond acceptors (Lipinski definition) is 3. The normalized spacial score (nSPS) is 11.3. The monoisotopic (exact) mass is 353 g/mol. The van der Waals surface area contributed by atoms with Crippen LogP contribution in [0.4, 0.5) is 0 Å². The Morgan fingerprint density at radius 2 is 2.11 bits per heavy atom. The number of hydrogen-bond donors (Lipinski definition) is 1. The van der Waals surface area contributed by atoms with Crippen molar-refractivity contribution in [3.63, 3.8) is 0 Å². The molecule has 1 amide bonds. The van der Waals surface area contributed by atoms with Crippen LogP contribution in [0.25, 0.3) is 0 Å². The first-order valence-electron chi connectivity index (χ1n) is 5.38. The van der Waals surface area contributed by atoms with Gasteiger partial charge in [0, 0.05) is 21.7 Å². The summed E-state index contributed by atoms with van der Waals surface area (Å²) in [5.41, 5.74) is 0.257. The van der Waals surface area contributed by atoms with Gasteiger partial charge in [-0.15, -0.1) is 0 Å². The first kappa shape index (κ1) is 15.5. The lowest BCUT2D eigenvalue weighted by Gasteiger charge is -2.07. The van der Waals surface area contributed by atoms with E-state index >= 15 is 0 Å². The van der Waals surface area contributed by atoms with Gasteiger partial charge in [-0.3, -0.25) is 4.79 Å². The lowest BCUT2D eigenvalue weighted by Crippen LogP contribution is -2.24. The molecule has 0 unspecified atom stereocenters. The Balaban J connectivity index is 2.97. The smallest absolute Gasteiger partial charge is 0.261 e. The predicted octanol–water partition coefficient (Wildman–Crippen LogP) is 2.91. The van der Waals surface area contributed by atoms with Gasteiger partial charge in [0.25, 0.3) is 15.0 Å². The second-order valence-electron chi connectivity index (χ2n) is 3.69. The Morgan fingerprint density at radius 3 is 2.67 bits per heavy atom. The van der Waals surface area contributed by atoms with Crippen molar-refractivity contribution in [2.45, 2.75) is 24.7 Å². The second kappa shape index (κ2) is 6.54. The molecule has 0 aliphatic rings. The molecule has 0 heterocycles. The predicted molar refractivity (Wildman–Crippen MR) is 74.4 cm³/mol. The largest absolute Gasteiger partial charge is 0.352 e. The van der Waals surface area contributed by atoms with Crippen LogP contribution in [0.15, 0.2) is 27.6 Å². The minimum atomic E-state index is -3.83. The summed E-state index contributed by atoms with van der Waals surface area (Å²) >= 11 is 3.21. The fraction of sp³-hybridized carbons (Fsp3) is 0.364. The number of carbonyl (C=O) groups excluding carboxylic acids is 1. The van der Waals surface area contributed by atoms with Crippen LogP contribution in [-0.2, 0) is 9.05 Å². The molecule has 18 heavy (non-hydrogen) atoms. The summed E-state index contributed by atoms with van der Waals surface area (Å²) in [4.78, 5) is 11.8. The van der Waals surface area contributed by atoms with Crippen molar-refractivity contribution in [3.05, 3.63) is 28.2 Å². The lowest BCUT2D eigenvalue weighted by atomic mass is 10.2. The summed E-state index contributed by atoms with van der Waals surface area (Å²) in [5, 5.41) is 2.71. The topological polar surface area (TPSA) is 63.2 Å². The van der Waals surface area contributed by atoms with Gasteiger partial charge >= 0.3 is 0 Å². The molecule has 0 radical (unpaired) electrons. The van der Waals surface area contributed by atoms with E-state index in [1.165, 1.54) is 18.2 Å². The van der Waals surface area contributed by atoms with E-state index in [2.05, 4.69) is 21.2 Å². The van der Waals surface area contributed by atoms with Crippen LogP contribution >= 0.6 is 26.6 Å². The highest BCUT2D eigenvalue weighted by molar-refractivity contribution is 9.10. The maximum atomic E-state index is 11.8. The third kappa shape index (κ3) is 4.26. The maximum Gasteiger partial charge on any atom is 0.261 e. The van der Waals surface area contributed by atoms with E-state index in [1.54, 1.807) is 0 Å². The van der Waals surface area contributed by atoms with E-state index in [9.17, 15) is 13.2 Å². The number of rotatable bonds is 5. The maximum absolute atomic E-state index is 11.8. The van der Waals surface area contributed by atoms with Crippen LogP contribution in [0, 0.1) is 0 Å². The summed E-state index contributed by atoms with van der Waals surface area (Å²) in [5.74, 6) is -0.322.